The Morgan fingerprint density at radius 2 is 1.87 bits per heavy atom. The highest BCUT2D eigenvalue weighted by Gasteiger charge is 2.20. The summed E-state index contributed by atoms with van der Waals surface area (Å²) in [6.07, 6.45) is 1.60. The van der Waals surface area contributed by atoms with Gasteiger partial charge in [-0.25, -0.2) is 14.3 Å². The molecule has 2 aromatic heterocycles. The van der Waals surface area contributed by atoms with Gasteiger partial charge in [0, 0.05) is 23.1 Å². The average molecular weight is 406 g/mol. The summed E-state index contributed by atoms with van der Waals surface area (Å²) < 4.78 is 22.6. The summed E-state index contributed by atoms with van der Waals surface area (Å²) in [4.78, 5) is 24.6. The number of para-hydroxylation sites is 1. The Hall–Kier alpha value is -4.07. The summed E-state index contributed by atoms with van der Waals surface area (Å²) in [6, 6.07) is 15.7. The molecule has 0 fully saturated rings. The van der Waals surface area contributed by atoms with E-state index in [1.54, 1.807) is 24.4 Å². The lowest BCUT2D eigenvalue weighted by atomic mass is 10.1. The molecule has 0 atom stereocenters. The third-order valence-electron chi connectivity index (χ3n) is 4.51. The quantitative estimate of drug-likeness (QED) is 0.358. The summed E-state index contributed by atoms with van der Waals surface area (Å²) in [6.45, 7) is -0.130. The van der Waals surface area contributed by atoms with Crippen LogP contribution < -0.4 is 15.1 Å². The van der Waals surface area contributed by atoms with Crippen LogP contribution in [0.4, 0.5) is 0 Å². The number of hydrogen-bond donors (Lipinski definition) is 0. The molecule has 0 aliphatic rings. The maximum absolute atomic E-state index is 12.7. The van der Waals surface area contributed by atoms with Gasteiger partial charge in [-0.1, -0.05) is 18.2 Å². The van der Waals surface area contributed by atoms with Crippen LogP contribution in [-0.4, -0.2) is 30.0 Å². The fourth-order valence-electron chi connectivity index (χ4n) is 3.03. The number of esters is 1. The van der Waals surface area contributed by atoms with E-state index >= 15 is 0 Å². The fraction of sp³-hybridized carbons (Fsp3) is 0.136. The lowest BCUT2D eigenvalue weighted by Gasteiger charge is -2.08. The molecular weight excluding hydrogens is 388 g/mol. The number of methoxy groups -OCH3 is 2. The molecule has 0 aliphatic carbocycles. The van der Waals surface area contributed by atoms with E-state index < -0.39 is 11.6 Å². The molecule has 0 aliphatic heterocycles. The summed E-state index contributed by atoms with van der Waals surface area (Å²) in [5.74, 6) is 0.165. The van der Waals surface area contributed by atoms with Gasteiger partial charge in [-0.05, 0) is 24.3 Å². The minimum Gasteiger partial charge on any atom is -0.497 e. The largest absolute Gasteiger partial charge is 0.497 e. The van der Waals surface area contributed by atoms with Crippen molar-refractivity contribution < 1.29 is 23.4 Å². The third-order valence-corrected chi connectivity index (χ3v) is 4.51. The third kappa shape index (κ3) is 3.75. The molecule has 2 heterocycles. The lowest BCUT2D eigenvalue weighted by Crippen LogP contribution is -2.10. The Morgan fingerprint density at radius 3 is 2.60 bits per heavy atom. The van der Waals surface area contributed by atoms with E-state index in [4.69, 9.17) is 18.6 Å². The number of ether oxygens (including phenoxy) is 3. The normalized spacial score (nSPS) is 10.7. The van der Waals surface area contributed by atoms with Crippen LogP contribution >= 0.6 is 0 Å². The Balaban J connectivity index is 1.60. The van der Waals surface area contributed by atoms with Crippen molar-refractivity contribution in [2.75, 3.05) is 14.2 Å². The van der Waals surface area contributed by atoms with Crippen LogP contribution in [0.25, 0.3) is 16.7 Å². The van der Waals surface area contributed by atoms with Crippen LogP contribution in [0.3, 0.4) is 0 Å². The van der Waals surface area contributed by atoms with Crippen molar-refractivity contribution in [2.45, 2.75) is 6.61 Å². The van der Waals surface area contributed by atoms with Crippen LogP contribution in [0.2, 0.25) is 0 Å². The number of benzene rings is 2. The van der Waals surface area contributed by atoms with E-state index in [0.29, 0.717) is 22.3 Å². The van der Waals surface area contributed by atoms with Crippen molar-refractivity contribution in [1.82, 2.24) is 9.78 Å². The highest BCUT2D eigenvalue weighted by molar-refractivity contribution is 5.90. The molecule has 152 valence electrons. The Kier molecular flexibility index (Phi) is 5.21. The average Bonchev–Trinajstić information content (AvgIpc) is 3.22. The van der Waals surface area contributed by atoms with Crippen LogP contribution in [0.15, 0.2) is 70.0 Å². The summed E-state index contributed by atoms with van der Waals surface area (Å²) in [5.41, 5.74) is 1.12. The van der Waals surface area contributed by atoms with Crippen molar-refractivity contribution in [3.8, 4) is 17.2 Å². The summed E-state index contributed by atoms with van der Waals surface area (Å²) >= 11 is 0. The Morgan fingerprint density at radius 1 is 1.07 bits per heavy atom. The lowest BCUT2D eigenvalue weighted by molar-refractivity contribution is 0.0462. The van der Waals surface area contributed by atoms with Crippen molar-refractivity contribution >= 4 is 16.9 Å². The standard InChI is InChI=1S/C22H18N2O6/c1-27-16-8-9-17-14(10-20(25)30-18(17)11-16)13-29-22(26)21-19(28-2)12-24(23-21)15-6-4-3-5-7-15/h3-12H,13H2,1-2H3. The van der Waals surface area contributed by atoms with Crippen molar-refractivity contribution in [3.63, 3.8) is 0 Å². The molecule has 4 rings (SSSR count). The summed E-state index contributed by atoms with van der Waals surface area (Å²) in [5, 5.41) is 4.93. The van der Waals surface area contributed by atoms with Gasteiger partial charge in [0.2, 0.25) is 5.69 Å². The number of aromatic nitrogens is 2. The molecule has 8 heteroatoms. The second-order valence-corrected chi connectivity index (χ2v) is 6.36. The molecule has 0 bridgehead atoms. The molecular formula is C22H18N2O6. The topological polar surface area (TPSA) is 92.8 Å². The van der Waals surface area contributed by atoms with E-state index in [1.807, 2.05) is 30.3 Å². The van der Waals surface area contributed by atoms with E-state index in [0.717, 1.165) is 5.69 Å². The number of carbonyl (C=O) groups excluding carboxylic acids is 1. The van der Waals surface area contributed by atoms with Crippen LogP contribution in [0, 0.1) is 0 Å². The molecule has 2 aromatic carbocycles. The first kappa shape index (κ1) is 19.3. The van der Waals surface area contributed by atoms with Crippen LogP contribution in [0.1, 0.15) is 16.1 Å². The zero-order valence-electron chi connectivity index (χ0n) is 16.3. The number of fused-ring (bicyclic) bond motifs is 1. The smallest absolute Gasteiger partial charge is 0.363 e. The molecule has 30 heavy (non-hydrogen) atoms. The molecule has 4 aromatic rings. The minimum absolute atomic E-state index is 0.0373. The van der Waals surface area contributed by atoms with Crippen molar-refractivity contribution in [2.24, 2.45) is 0 Å². The van der Waals surface area contributed by atoms with Gasteiger partial charge in [0.15, 0.2) is 5.75 Å². The van der Waals surface area contributed by atoms with E-state index in [1.165, 1.54) is 25.0 Å². The monoisotopic (exact) mass is 406 g/mol. The van der Waals surface area contributed by atoms with Gasteiger partial charge in [0.25, 0.3) is 0 Å². The molecule has 0 spiro atoms. The number of hydrogen-bond acceptors (Lipinski definition) is 7. The molecule has 8 nitrogen and oxygen atoms in total. The number of nitrogens with zero attached hydrogens (tertiary/aromatic N) is 2. The second kappa shape index (κ2) is 8.12. The first-order valence-electron chi connectivity index (χ1n) is 9.06. The highest BCUT2D eigenvalue weighted by Crippen LogP contribution is 2.24. The van der Waals surface area contributed by atoms with E-state index in [2.05, 4.69) is 5.10 Å². The Labute approximate surface area is 171 Å². The van der Waals surface area contributed by atoms with Crippen molar-refractivity contribution in [3.05, 3.63) is 82.5 Å². The maximum atomic E-state index is 12.7. The van der Waals surface area contributed by atoms with Gasteiger partial charge in [0.05, 0.1) is 26.1 Å². The molecule has 0 unspecified atom stereocenters. The Bertz CT molecular complexity index is 1260. The van der Waals surface area contributed by atoms with E-state index in [-0.39, 0.29) is 18.1 Å². The zero-order chi connectivity index (χ0) is 21.1. The van der Waals surface area contributed by atoms with Gasteiger partial charge in [-0.15, -0.1) is 0 Å². The SMILES string of the molecule is COc1ccc2c(COC(=O)c3nn(-c4ccccc4)cc3OC)cc(=O)oc2c1. The highest BCUT2D eigenvalue weighted by atomic mass is 16.5. The van der Waals surface area contributed by atoms with Gasteiger partial charge >= 0.3 is 11.6 Å². The minimum atomic E-state index is -0.670. The molecule has 0 amide bonds. The zero-order valence-corrected chi connectivity index (χ0v) is 16.3. The molecule has 0 saturated heterocycles. The van der Waals surface area contributed by atoms with Crippen molar-refractivity contribution in [1.29, 1.82) is 0 Å². The van der Waals surface area contributed by atoms with Crippen LogP contribution in [-0.2, 0) is 11.3 Å². The van der Waals surface area contributed by atoms with Gasteiger partial charge in [-0.2, -0.15) is 5.10 Å². The van der Waals surface area contributed by atoms with Crippen LogP contribution in [0.5, 0.6) is 11.5 Å². The predicted octanol–water partition coefficient (Wildman–Crippen LogP) is 3.35. The fourth-order valence-corrected chi connectivity index (χ4v) is 3.03. The van der Waals surface area contributed by atoms with Gasteiger partial charge in [-0.3, -0.25) is 0 Å². The molecule has 0 N–H and O–H groups in total. The number of rotatable bonds is 6. The van der Waals surface area contributed by atoms with Gasteiger partial charge in [0.1, 0.15) is 17.9 Å². The second-order valence-electron chi connectivity index (χ2n) is 6.36. The van der Waals surface area contributed by atoms with E-state index in [9.17, 15) is 9.59 Å². The first-order chi connectivity index (χ1) is 14.6. The van der Waals surface area contributed by atoms with Gasteiger partial charge < -0.3 is 18.6 Å². The number of carbonyl (C=O) groups is 1. The summed E-state index contributed by atoms with van der Waals surface area (Å²) in [7, 11) is 2.97. The maximum Gasteiger partial charge on any atom is 0.363 e. The molecule has 0 radical (unpaired) electrons. The predicted molar refractivity (Wildman–Crippen MR) is 108 cm³/mol. The first-order valence-corrected chi connectivity index (χ1v) is 9.06. The molecule has 0 saturated carbocycles.